The summed E-state index contributed by atoms with van der Waals surface area (Å²) in [7, 11) is 0. The monoisotopic (exact) mass is 333 g/mol. The average Bonchev–Trinajstić information content (AvgIpc) is 3.08. The van der Waals surface area contributed by atoms with Gasteiger partial charge in [-0.2, -0.15) is 0 Å². The first-order chi connectivity index (χ1) is 10.7. The molecule has 1 aromatic heterocycles. The van der Waals surface area contributed by atoms with E-state index in [-0.39, 0.29) is 5.91 Å². The fourth-order valence-electron chi connectivity index (χ4n) is 2.47. The predicted octanol–water partition coefficient (Wildman–Crippen LogP) is 2.89. The second-order valence-corrected chi connectivity index (χ2v) is 7.13. The number of nitrogens with zero attached hydrogens (tertiary/aromatic N) is 3. The lowest BCUT2D eigenvalue weighted by Gasteiger charge is -2.34. The molecule has 1 saturated heterocycles. The van der Waals surface area contributed by atoms with Gasteiger partial charge in [-0.15, -0.1) is 23.1 Å². The fourth-order valence-corrected chi connectivity index (χ4v) is 4.10. The molecule has 22 heavy (non-hydrogen) atoms. The van der Waals surface area contributed by atoms with Crippen LogP contribution in [0.3, 0.4) is 0 Å². The number of thiazole rings is 1. The molecule has 0 radical (unpaired) electrons. The van der Waals surface area contributed by atoms with E-state index in [1.807, 2.05) is 28.6 Å². The summed E-state index contributed by atoms with van der Waals surface area (Å²) in [4.78, 5) is 22.1. The minimum atomic E-state index is 0.229. The third kappa shape index (κ3) is 3.62. The third-order valence-electron chi connectivity index (χ3n) is 3.77. The van der Waals surface area contributed by atoms with Gasteiger partial charge in [-0.05, 0) is 18.6 Å². The van der Waals surface area contributed by atoms with Crippen molar-refractivity contribution < 1.29 is 4.79 Å². The highest BCUT2D eigenvalue weighted by molar-refractivity contribution is 8.00. The Hall–Kier alpha value is -1.53. The van der Waals surface area contributed by atoms with Crippen molar-refractivity contribution in [3.05, 3.63) is 41.4 Å². The number of amides is 1. The number of thioether (sulfide) groups is 1. The lowest BCUT2D eigenvalue weighted by Crippen LogP contribution is -2.49. The summed E-state index contributed by atoms with van der Waals surface area (Å²) in [6, 6.07) is 8.21. The lowest BCUT2D eigenvalue weighted by molar-refractivity contribution is -0.128. The van der Waals surface area contributed by atoms with Crippen molar-refractivity contribution in [1.82, 2.24) is 9.88 Å². The van der Waals surface area contributed by atoms with Gasteiger partial charge in [0, 0.05) is 42.7 Å². The zero-order valence-corrected chi connectivity index (χ0v) is 14.2. The number of aromatic nitrogens is 1. The molecule has 1 aliphatic rings. The number of benzene rings is 1. The van der Waals surface area contributed by atoms with E-state index in [0.29, 0.717) is 5.75 Å². The summed E-state index contributed by atoms with van der Waals surface area (Å²) in [6.07, 6.45) is 1.83. The Balaban J connectivity index is 1.49. The largest absolute Gasteiger partial charge is 0.345 e. The van der Waals surface area contributed by atoms with Crippen LogP contribution in [0.2, 0.25) is 0 Å². The van der Waals surface area contributed by atoms with Crippen molar-refractivity contribution in [3.8, 4) is 0 Å². The number of rotatable bonds is 4. The van der Waals surface area contributed by atoms with E-state index >= 15 is 0 Å². The second-order valence-electron chi connectivity index (χ2n) is 5.24. The molecule has 0 saturated carbocycles. The topological polar surface area (TPSA) is 36.4 Å². The molecule has 0 bridgehead atoms. The van der Waals surface area contributed by atoms with Crippen molar-refractivity contribution in [3.63, 3.8) is 0 Å². The molecule has 0 N–H and O–H groups in total. The quantitative estimate of drug-likeness (QED) is 0.806. The van der Waals surface area contributed by atoms with Gasteiger partial charge < -0.3 is 9.80 Å². The molecule has 0 spiro atoms. The van der Waals surface area contributed by atoms with Crippen LogP contribution in [0.1, 0.15) is 5.56 Å². The molecule has 116 valence electrons. The highest BCUT2D eigenvalue weighted by atomic mass is 32.2. The second kappa shape index (κ2) is 7.15. The number of hydrogen-bond acceptors (Lipinski definition) is 5. The van der Waals surface area contributed by atoms with E-state index < -0.39 is 0 Å². The van der Waals surface area contributed by atoms with Gasteiger partial charge in [-0.1, -0.05) is 18.2 Å². The molecule has 1 aromatic carbocycles. The summed E-state index contributed by atoms with van der Waals surface area (Å²) in [5.41, 5.74) is 1.23. The van der Waals surface area contributed by atoms with Crippen molar-refractivity contribution in [2.45, 2.75) is 11.8 Å². The van der Waals surface area contributed by atoms with Crippen LogP contribution >= 0.6 is 23.1 Å². The summed E-state index contributed by atoms with van der Waals surface area (Å²) in [5, 5.41) is 3.05. The van der Waals surface area contributed by atoms with Gasteiger partial charge in [0.15, 0.2) is 5.13 Å². The Morgan fingerprint density at radius 1 is 1.27 bits per heavy atom. The smallest absolute Gasteiger partial charge is 0.233 e. The molecule has 0 aliphatic carbocycles. The van der Waals surface area contributed by atoms with Crippen molar-refractivity contribution >= 4 is 34.1 Å². The molecule has 6 heteroatoms. The van der Waals surface area contributed by atoms with E-state index in [9.17, 15) is 4.79 Å². The maximum absolute atomic E-state index is 12.3. The Kier molecular flexibility index (Phi) is 5.00. The van der Waals surface area contributed by atoms with Crippen LogP contribution in [-0.2, 0) is 4.79 Å². The highest BCUT2D eigenvalue weighted by Gasteiger charge is 2.22. The van der Waals surface area contributed by atoms with Crippen LogP contribution < -0.4 is 4.90 Å². The SMILES string of the molecule is Cc1ccccc1SCC(=O)N1CCN(c2nccs2)CC1. The van der Waals surface area contributed by atoms with Crippen LogP contribution in [0.15, 0.2) is 40.7 Å². The lowest BCUT2D eigenvalue weighted by atomic mass is 10.2. The van der Waals surface area contributed by atoms with E-state index in [1.54, 1.807) is 23.1 Å². The summed E-state index contributed by atoms with van der Waals surface area (Å²) in [5.74, 6) is 0.745. The first-order valence-electron chi connectivity index (χ1n) is 7.34. The molecular formula is C16H19N3OS2. The van der Waals surface area contributed by atoms with Crippen molar-refractivity contribution in [2.75, 3.05) is 36.8 Å². The van der Waals surface area contributed by atoms with Gasteiger partial charge in [-0.25, -0.2) is 4.98 Å². The van der Waals surface area contributed by atoms with E-state index in [4.69, 9.17) is 0 Å². The zero-order chi connectivity index (χ0) is 15.4. The molecule has 1 amide bonds. The fraction of sp³-hybridized carbons (Fsp3) is 0.375. The highest BCUT2D eigenvalue weighted by Crippen LogP contribution is 2.23. The van der Waals surface area contributed by atoms with Crippen LogP contribution in [0.5, 0.6) is 0 Å². The van der Waals surface area contributed by atoms with Gasteiger partial charge in [0.1, 0.15) is 0 Å². The van der Waals surface area contributed by atoms with Gasteiger partial charge in [-0.3, -0.25) is 4.79 Å². The van der Waals surface area contributed by atoms with Crippen molar-refractivity contribution in [2.24, 2.45) is 0 Å². The summed E-state index contributed by atoms with van der Waals surface area (Å²) < 4.78 is 0. The standard InChI is InChI=1S/C16H19N3OS2/c1-13-4-2-3-5-14(13)22-12-15(20)18-7-9-19(10-8-18)16-17-6-11-21-16/h2-6,11H,7-10,12H2,1H3. The number of piperazine rings is 1. The van der Waals surface area contributed by atoms with Crippen LogP contribution in [0.25, 0.3) is 0 Å². The first-order valence-corrected chi connectivity index (χ1v) is 9.21. The average molecular weight is 333 g/mol. The van der Waals surface area contributed by atoms with E-state index in [1.165, 1.54) is 10.5 Å². The molecular weight excluding hydrogens is 314 g/mol. The Morgan fingerprint density at radius 2 is 2.05 bits per heavy atom. The van der Waals surface area contributed by atoms with Crippen LogP contribution in [0, 0.1) is 6.92 Å². The van der Waals surface area contributed by atoms with Gasteiger partial charge in [0.05, 0.1) is 5.75 Å². The Labute approximate surface area is 139 Å². The number of hydrogen-bond donors (Lipinski definition) is 0. The van der Waals surface area contributed by atoms with E-state index in [0.717, 1.165) is 31.3 Å². The van der Waals surface area contributed by atoms with Gasteiger partial charge >= 0.3 is 0 Å². The third-order valence-corrected chi connectivity index (χ3v) is 5.76. The van der Waals surface area contributed by atoms with Gasteiger partial charge in [0.2, 0.25) is 5.91 Å². The molecule has 2 heterocycles. The number of carbonyl (C=O) groups is 1. The molecule has 4 nitrogen and oxygen atoms in total. The molecule has 0 atom stereocenters. The molecule has 2 aromatic rings. The summed E-state index contributed by atoms with van der Waals surface area (Å²) in [6.45, 7) is 5.39. The predicted molar refractivity (Wildman–Crippen MR) is 92.8 cm³/mol. The molecule has 0 unspecified atom stereocenters. The maximum atomic E-state index is 12.3. The van der Waals surface area contributed by atoms with Crippen LogP contribution in [0.4, 0.5) is 5.13 Å². The van der Waals surface area contributed by atoms with Crippen LogP contribution in [-0.4, -0.2) is 47.7 Å². The van der Waals surface area contributed by atoms with E-state index in [2.05, 4.69) is 28.9 Å². The normalized spacial score (nSPS) is 15.1. The van der Waals surface area contributed by atoms with Gasteiger partial charge in [0.25, 0.3) is 0 Å². The Bertz CT molecular complexity index is 622. The number of carbonyl (C=O) groups excluding carboxylic acids is 1. The maximum Gasteiger partial charge on any atom is 0.233 e. The summed E-state index contributed by atoms with van der Waals surface area (Å²) >= 11 is 3.29. The van der Waals surface area contributed by atoms with Crippen molar-refractivity contribution in [1.29, 1.82) is 0 Å². The Morgan fingerprint density at radius 3 is 2.73 bits per heavy atom. The molecule has 1 aliphatic heterocycles. The first kappa shape index (κ1) is 15.4. The minimum Gasteiger partial charge on any atom is -0.345 e. The number of anilines is 1. The number of aryl methyl sites for hydroxylation is 1. The zero-order valence-electron chi connectivity index (χ0n) is 12.6. The molecule has 1 fully saturated rings. The minimum absolute atomic E-state index is 0.229. The molecule has 3 rings (SSSR count).